The molecule has 0 aliphatic heterocycles. The second-order valence-corrected chi connectivity index (χ2v) is 4.79. The van der Waals surface area contributed by atoms with Crippen LogP contribution < -0.4 is 5.73 Å². The van der Waals surface area contributed by atoms with Gasteiger partial charge in [0.25, 0.3) is 0 Å². The van der Waals surface area contributed by atoms with Crippen LogP contribution in [-0.4, -0.2) is 9.97 Å². The van der Waals surface area contributed by atoms with E-state index in [1.165, 1.54) is 32.1 Å². The Balaban J connectivity index is 0.000000165. The van der Waals surface area contributed by atoms with Gasteiger partial charge in [-0.05, 0) is 24.4 Å². The van der Waals surface area contributed by atoms with Gasteiger partial charge in [0.05, 0.1) is 0 Å². The molecule has 1 aliphatic carbocycles. The van der Waals surface area contributed by atoms with E-state index >= 15 is 0 Å². The van der Waals surface area contributed by atoms with E-state index in [1.54, 1.807) is 6.20 Å². The second-order valence-electron chi connectivity index (χ2n) is 4.45. The molecule has 0 radical (unpaired) electrons. The smallest absolute Gasteiger partial charge is 0.224 e. The minimum atomic E-state index is 0.193. The highest BCUT2D eigenvalue weighted by molar-refractivity contribution is 6.28. The average molecular weight is 242 g/mol. The summed E-state index contributed by atoms with van der Waals surface area (Å²) in [6, 6.07) is 0. The van der Waals surface area contributed by atoms with E-state index in [2.05, 4.69) is 16.9 Å². The molecule has 1 aromatic rings. The fourth-order valence-electron chi connectivity index (χ4n) is 1.74. The van der Waals surface area contributed by atoms with Crippen LogP contribution in [-0.2, 0) is 0 Å². The van der Waals surface area contributed by atoms with Crippen molar-refractivity contribution in [2.45, 2.75) is 46.0 Å². The van der Waals surface area contributed by atoms with Crippen LogP contribution in [0.5, 0.6) is 0 Å². The van der Waals surface area contributed by atoms with Crippen molar-refractivity contribution < 1.29 is 0 Å². The molecule has 16 heavy (non-hydrogen) atoms. The summed E-state index contributed by atoms with van der Waals surface area (Å²) >= 11 is 5.41. The van der Waals surface area contributed by atoms with Gasteiger partial charge in [0.15, 0.2) is 0 Å². The van der Waals surface area contributed by atoms with Crippen LogP contribution in [0, 0.1) is 12.8 Å². The predicted octanol–water partition coefficient (Wildman–Crippen LogP) is 3.61. The van der Waals surface area contributed by atoms with Crippen LogP contribution in [0.4, 0.5) is 5.82 Å². The molecule has 2 rings (SSSR count). The predicted molar refractivity (Wildman–Crippen MR) is 68.4 cm³/mol. The number of hydrogen-bond acceptors (Lipinski definition) is 3. The zero-order chi connectivity index (χ0) is 12.0. The lowest BCUT2D eigenvalue weighted by Gasteiger charge is -2.15. The normalized spacial score (nSPS) is 16.4. The van der Waals surface area contributed by atoms with Gasteiger partial charge >= 0.3 is 0 Å². The molecule has 0 atom stereocenters. The standard InChI is InChI=1S/C7H14.C5H6ClN3/c1-7-5-3-2-4-6-7;1-3-2-8-5(6)9-4(3)7/h7H,2-6H2,1H3;2H,1H3,(H2,7,8,9). The number of anilines is 1. The first-order valence-electron chi connectivity index (χ1n) is 5.84. The number of nitrogens with zero attached hydrogens (tertiary/aromatic N) is 2. The van der Waals surface area contributed by atoms with E-state index in [9.17, 15) is 0 Å². The lowest BCUT2D eigenvalue weighted by Crippen LogP contribution is -1.99. The molecule has 1 aromatic heterocycles. The van der Waals surface area contributed by atoms with Crippen molar-refractivity contribution in [3.63, 3.8) is 0 Å². The highest BCUT2D eigenvalue weighted by Crippen LogP contribution is 2.22. The lowest BCUT2D eigenvalue weighted by molar-refractivity contribution is 0.385. The van der Waals surface area contributed by atoms with Gasteiger partial charge in [0.1, 0.15) is 5.82 Å². The maximum absolute atomic E-state index is 5.41. The van der Waals surface area contributed by atoms with Gasteiger partial charge in [-0.15, -0.1) is 0 Å². The molecule has 0 saturated heterocycles. The highest BCUT2D eigenvalue weighted by atomic mass is 35.5. The van der Waals surface area contributed by atoms with Crippen LogP contribution >= 0.6 is 11.6 Å². The largest absolute Gasteiger partial charge is 0.383 e. The molecular weight excluding hydrogens is 222 g/mol. The molecule has 0 amide bonds. The maximum Gasteiger partial charge on any atom is 0.224 e. The third-order valence-corrected chi connectivity index (χ3v) is 3.06. The molecule has 0 aromatic carbocycles. The summed E-state index contributed by atoms with van der Waals surface area (Å²) in [5.41, 5.74) is 6.23. The molecule has 1 aliphatic rings. The fraction of sp³-hybridized carbons (Fsp3) is 0.667. The van der Waals surface area contributed by atoms with Crippen molar-refractivity contribution >= 4 is 17.4 Å². The first-order chi connectivity index (χ1) is 7.59. The van der Waals surface area contributed by atoms with Crippen LogP contribution in [0.1, 0.15) is 44.6 Å². The van der Waals surface area contributed by atoms with Crippen LogP contribution in [0.2, 0.25) is 5.28 Å². The molecule has 2 N–H and O–H groups in total. The maximum atomic E-state index is 5.41. The molecule has 0 spiro atoms. The number of aryl methyl sites for hydroxylation is 1. The zero-order valence-corrected chi connectivity index (χ0v) is 10.8. The van der Waals surface area contributed by atoms with E-state index in [-0.39, 0.29) is 5.28 Å². The molecule has 0 bridgehead atoms. The zero-order valence-electron chi connectivity index (χ0n) is 10.0. The Kier molecular flexibility index (Phi) is 5.53. The quantitative estimate of drug-likeness (QED) is 0.706. The second kappa shape index (κ2) is 6.69. The summed E-state index contributed by atoms with van der Waals surface area (Å²) in [7, 11) is 0. The minimum absolute atomic E-state index is 0.193. The molecule has 1 heterocycles. The van der Waals surface area contributed by atoms with Crippen molar-refractivity contribution in [1.82, 2.24) is 9.97 Å². The fourth-order valence-corrected chi connectivity index (χ4v) is 1.88. The summed E-state index contributed by atoms with van der Waals surface area (Å²) < 4.78 is 0. The third kappa shape index (κ3) is 4.79. The van der Waals surface area contributed by atoms with Crippen molar-refractivity contribution in [1.29, 1.82) is 0 Å². The number of hydrogen-bond donors (Lipinski definition) is 1. The van der Waals surface area contributed by atoms with Crippen molar-refractivity contribution in [3.05, 3.63) is 17.0 Å². The lowest BCUT2D eigenvalue weighted by atomic mass is 9.91. The SMILES string of the molecule is CC1CCCCC1.Cc1cnc(Cl)nc1N. The Hall–Kier alpha value is -0.830. The van der Waals surface area contributed by atoms with Gasteiger partial charge in [-0.3, -0.25) is 0 Å². The summed E-state index contributed by atoms with van der Waals surface area (Å²) in [4.78, 5) is 7.42. The minimum Gasteiger partial charge on any atom is -0.383 e. The van der Waals surface area contributed by atoms with Crippen molar-refractivity contribution in [3.8, 4) is 0 Å². The monoisotopic (exact) mass is 241 g/mol. The van der Waals surface area contributed by atoms with Gasteiger partial charge in [0.2, 0.25) is 5.28 Å². The Labute approximate surface area is 102 Å². The van der Waals surface area contributed by atoms with Gasteiger partial charge in [-0.25, -0.2) is 9.97 Å². The number of nitrogen functional groups attached to an aromatic ring is 1. The Morgan fingerprint density at radius 1 is 1.31 bits per heavy atom. The van der Waals surface area contributed by atoms with E-state index in [0.717, 1.165) is 11.5 Å². The molecule has 4 heteroatoms. The van der Waals surface area contributed by atoms with Crippen molar-refractivity contribution in [2.24, 2.45) is 5.92 Å². The van der Waals surface area contributed by atoms with Crippen LogP contribution in [0.25, 0.3) is 0 Å². The summed E-state index contributed by atoms with van der Waals surface area (Å²) in [5.74, 6) is 1.48. The number of nitrogens with two attached hydrogens (primary N) is 1. The van der Waals surface area contributed by atoms with Crippen molar-refractivity contribution in [2.75, 3.05) is 5.73 Å². The average Bonchev–Trinajstić information content (AvgIpc) is 2.26. The van der Waals surface area contributed by atoms with E-state index < -0.39 is 0 Å². The first-order valence-corrected chi connectivity index (χ1v) is 6.22. The summed E-state index contributed by atoms with van der Waals surface area (Å²) in [5, 5.41) is 0.193. The number of rotatable bonds is 0. The van der Waals surface area contributed by atoms with Gasteiger partial charge < -0.3 is 5.73 Å². The molecular formula is C12H20ClN3. The van der Waals surface area contributed by atoms with E-state index in [4.69, 9.17) is 17.3 Å². The van der Waals surface area contributed by atoms with E-state index in [1.807, 2.05) is 6.92 Å². The summed E-state index contributed by atoms with van der Waals surface area (Å²) in [6.07, 6.45) is 9.03. The molecule has 1 saturated carbocycles. The van der Waals surface area contributed by atoms with Crippen LogP contribution in [0.15, 0.2) is 6.20 Å². The third-order valence-electron chi connectivity index (χ3n) is 2.88. The van der Waals surface area contributed by atoms with E-state index in [0.29, 0.717) is 5.82 Å². The number of aromatic nitrogens is 2. The Bertz CT molecular complexity index is 322. The van der Waals surface area contributed by atoms with Crippen LogP contribution in [0.3, 0.4) is 0 Å². The molecule has 1 fully saturated rings. The Morgan fingerprint density at radius 2 is 1.94 bits per heavy atom. The van der Waals surface area contributed by atoms with Gasteiger partial charge in [0, 0.05) is 11.8 Å². The van der Waals surface area contributed by atoms with Gasteiger partial charge in [-0.2, -0.15) is 0 Å². The molecule has 3 nitrogen and oxygen atoms in total. The molecule has 90 valence electrons. The first kappa shape index (κ1) is 13.2. The summed E-state index contributed by atoms with van der Waals surface area (Å²) in [6.45, 7) is 4.19. The number of halogens is 1. The van der Waals surface area contributed by atoms with Gasteiger partial charge in [-0.1, -0.05) is 39.0 Å². The molecule has 0 unspecified atom stereocenters. The highest BCUT2D eigenvalue weighted by Gasteiger charge is 2.05. The Morgan fingerprint density at radius 3 is 2.31 bits per heavy atom. The topological polar surface area (TPSA) is 51.8 Å².